The van der Waals surface area contributed by atoms with Gasteiger partial charge in [0.25, 0.3) is 0 Å². The zero-order chi connectivity index (χ0) is 18.9. The summed E-state index contributed by atoms with van der Waals surface area (Å²) in [6.45, 7) is -0.708. The molecular weight excluding hydrogens is 336 g/mol. The molecule has 3 atom stereocenters. The first-order valence-electron chi connectivity index (χ1n) is 8.16. The van der Waals surface area contributed by atoms with Gasteiger partial charge < -0.3 is 25.2 Å². The molecule has 0 fully saturated rings. The highest BCUT2D eigenvalue weighted by molar-refractivity contribution is 5.82. The van der Waals surface area contributed by atoms with Gasteiger partial charge in [0.15, 0.2) is 6.10 Å². The molecule has 138 valence electrons. The van der Waals surface area contributed by atoms with Crippen LogP contribution in [0.5, 0.6) is 0 Å². The Morgan fingerprint density at radius 1 is 0.923 bits per heavy atom. The van der Waals surface area contributed by atoms with E-state index in [0.717, 1.165) is 23.3 Å². The Kier molecular flexibility index (Phi) is 7.50. The fourth-order valence-electron chi connectivity index (χ4n) is 2.37. The lowest BCUT2D eigenvalue weighted by molar-refractivity contribution is -0.141. The van der Waals surface area contributed by atoms with Gasteiger partial charge in [-0.1, -0.05) is 60.7 Å². The number of carbonyl (C=O) groups is 1. The van der Waals surface area contributed by atoms with Crippen molar-refractivity contribution < 1.29 is 30.0 Å². The van der Waals surface area contributed by atoms with E-state index in [1.54, 1.807) is 0 Å². The predicted molar refractivity (Wildman–Crippen MR) is 95.1 cm³/mol. The average Bonchev–Trinajstić information content (AvgIpc) is 2.70. The number of benzene rings is 2. The maximum atomic E-state index is 12.2. The third-order valence-electron chi connectivity index (χ3n) is 3.80. The molecular formula is C20H22O6. The van der Waals surface area contributed by atoms with Crippen LogP contribution in [-0.2, 0) is 9.53 Å². The van der Waals surface area contributed by atoms with Gasteiger partial charge in [-0.25, -0.2) is 4.79 Å². The minimum absolute atomic E-state index is 0.625. The quantitative estimate of drug-likeness (QED) is 0.413. The number of rotatable bonds is 8. The summed E-state index contributed by atoms with van der Waals surface area (Å²) in [5.41, 5.74) is 1.58. The molecule has 0 spiro atoms. The lowest BCUT2D eigenvalue weighted by atomic mass is 10.0. The Balaban J connectivity index is 2.11. The van der Waals surface area contributed by atoms with Gasteiger partial charge in [0.05, 0.1) is 6.61 Å². The normalized spacial score (nSPS) is 15.0. The fraction of sp³-hybridized carbons (Fsp3) is 0.250. The number of carbonyl (C=O) groups excluding carboxylic acids is 1. The van der Waals surface area contributed by atoms with Crippen molar-refractivity contribution in [3.05, 3.63) is 83.9 Å². The van der Waals surface area contributed by atoms with Crippen molar-refractivity contribution in [3.8, 4) is 0 Å². The van der Waals surface area contributed by atoms with Crippen molar-refractivity contribution in [1.82, 2.24) is 0 Å². The molecule has 0 heterocycles. The highest BCUT2D eigenvalue weighted by Crippen LogP contribution is 2.26. The van der Waals surface area contributed by atoms with E-state index in [0.29, 0.717) is 0 Å². The SMILES string of the molecule is O=C(/C=C/[C@H](O)[C@@H](O)[C@H](O)CO)OC(c1ccccc1)c1ccccc1. The van der Waals surface area contributed by atoms with Gasteiger partial charge in [-0.2, -0.15) is 0 Å². The van der Waals surface area contributed by atoms with Crippen LogP contribution in [0.3, 0.4) is 0 Å². The monoisotopic (exact) mass is 358 g/mol. The largest absolute Gasteiger partial charge is 0.449 e. The van der Waals surface area contributed by atoms with Crippen molar-refractivity contribution in [2.75, 3.05) is 6.61 Å². The second kappa shape index (κ2) is 9.84. The first kappa shape index (κ1) is 19.8. The maximum absolute atomic E-state index is 12.2. The second-order valence-corrected chi connectivity index (χ2v) is 5.73. The Bertz CT molecular complexity index is 661. The summed E-state index contributed by atoms with van der Waals surface area (Å²) in [7, 11) is 0. The third-order valence-corrected chi connectivity index (χ3v) is 3.80. The van der Waals surface area contributed by atoms with Gasteiger partial charge in [-0.05, 0) is 17.2 Å². The third kappa shape index (κ3) is 5.50. The summed E-state index contributed by atoms with van der Waals surface area (Å²) in [5.74, 6) is -0.715. The Morgan fingerprint density at radius 3 is 1.88 bits per heavy atom. The highest BCUT2D eigenvalue weighted by Gasteiger charge is 2.23. The number of ether oxygens (including phenoxy) is 1. The first-order chi connectivity index (χ1) is 12.5. The van der Waals surface area contributed by atoms with Crippen molar-refractivity contribution in [1.29, 1.82) is 0 Å². The van der Waals surface area contributed by atoms with Crippen LogP contribution in [0.1, 0.15) is 17.2 Å². The van der Waals surface area contributed by atoms with E-state index < -0.39 is 37.0 Å². The van der Waals surface area contributed by atoms with Gasteiger partial charge in [0.2, 0.25) is 0 Å². The summed E-state index contributed by atoms with van der Waals surface area (Å²) >= 11 is 0. The van der Waals surface area contributed by atoms with Crippen LogP contribution in [0.15, 0.2) is 72.8 Å². The van der Waals surface area contributed by atoms with Crippen molar-refractivity contribution in [2.24, 2.45) is 0 Å². The van der Waals surface area contributed by atoms with E-state index in [-0.39, 0.29) is 0 Å². The van der Waals surface area contributed by atoms with Gasteiger partial charge in [0.1, 0.15) is 18.3 Å². The van der Waals surface area contributed by atoms with E-state index in [1.165, 1.54) is 0 Å². The highest BCUT2D eigenvalue weighted by atomic mass is 16.5. The van der Waals surface area contributed by atoms with Crippen LogP contribution in [0.4, 0.5) is 0 Å². The Labute approximate surface area is 151 Å². The zero-order valence-electron chi connectivity index (χ0n) is 14.1. The molecule has 0 aliphatic carbocycles. The average molecular weight is 358 g/mol. The summed E-state index contributed by atoms with van der Waals surface area (Å²) in [6, 6.07) is 18.4. The van der Waals surface area contributed by atoms with E-state index in [9.17, 15) is 20.1 Å². The molecule has 26 heavy (non-hydrogen) atoms. The van der Waals surface area contributed by atoms with E-state index in [1.807, 2.05) is 60.7 Å². The summed E-state index contributed by atoms with van der Waals surface area (Å²) in [4.78, 5) is 12.2. The molecule has 2 aromatic carbocycles. The molecule has 0 unspecified atom stereocenters. The predicted octanol–water partition coefficient (Wildman–Crippen LogP) is 0.950. The van der Waals surface area contributed by atoms with Crippen LogP contribution >= 0.6 is 0 Å². The Hall–Kier alpha value is -2.51. The van der Waals surface area contributed by atoms with Crippen LogP contribution in [-0.4, -0.2) is 51.3 Å². The molecule has 2 aromatic rings. The Morgan fingerprint density at radius 2 is 1.42 bits per heavy atom. The van der Waals surface area contributed by atoms with E-state index in [4.69, 9.17) is 9.84 Å². The van der Waals surface area contributed by atoms with Crippen LogP contribution in [0.25, 0.3) is 0 Å². The maximum Gasteiger partial charge on any atom is 0.331 e. The van der Waals surface area contributed by atoms with Crippen LogP contribution in [0.2, 0.25) is 0 Å². The van der Waals surface area contributed by atoms with E-state index in [2.05, 4.69) is 0 Å². The van der Waals surface area contributed by atoms with Gasteiger partial charge in [-0.15, -0.1) is 0 Å². The standard InChI is InChI=1S/C20H22O6/c21-13-17(23)19(25)16(22)11-12-18(24)26-20(14-7-3-1-4-8-14)15-9-5-2-6-10-15/h1-12,16-17,19-23,25H,13H2/b12-11+/t16-,17+,19+/m0/s1. The summed E-state index contributed by atoms with van der Waals surface area (Å²) in [5, 5.41) is 37.4. The first-order valence-corrected chi connectivity index (χ1v) is 8.16. The molecule has 0 saturated carbocycles. The lowest BCUT2D eigenvalue weighted by Gasteiger charge is -2.19. The van der Waals surface area contributed by atoms with Crippen molar-refractivity contribution in [2.45, 2.75) is 24.4 Å². The smallest absolute Gasteiger partial charge is 0.331 e. The van der Waals surface area contributed by atoms with Gasteiger partial charge >= 0.3 is 5.97 Å². The molecule has 4 N–H and O–H groups in total. The summed E-state index contributed by atoms with van der Waals surface area (Å²) in [6.07, 6.45) is -3.26. The lowest BCUT2D eigenvalue weighted by Crippen LogP contribution is -2.38. The number of esters is 1. The van der Waals surface area contributed by atoms with E-state index >= 15 is 0 Å². The van der Waals surface area contributed by atoms with Crippen LogP contribution in [0, 0.1) is 0 Å². The zero-order valence-corrected chi connectivity index (χ0v) is 14.1. The fourth-order valence-corrected chi connectivity index (χ4v) is 2.37. The molecule has 0 saturated heterocycles. The molecule has 6 nitrogen and oxygen atoms in total. The minimum Gasteiger partial charge on any atom is -0.449 e. The number of aliphatic hydroxyl groups is 4. The van der Waals surface area contributed by atoms with Crippen molar-refractivity contribution >= 4 is 5.97 Å². The minimum atomic E-state index is -1.61. The molecule has 0 radical (unpaired) electrons. The summed E-state index contributed by atoms with van der Waals surface area (Å²) < 4.78 is 5.51. The molecule has 0 aromatic heterocycles. The molecule has 0 bridgehead atoms. The molecule has 2 rings (SSSR count). The molecule has 0 amide bonds. The number of aliphatic hydroxyl groups excluding tert-OH is 4. The topological polar surface area (TPSA) is 107 Å². The van der Waals surface area contributed by atoms with Gasteiger partial charge in [-0.3, -0.25) is 0 Å². The van der Waals surface area contributed by atoms with Crippen LogP contribution < -0.4 is 0 Å². The number of hydrogen-bond acceptors (Lipinski definition) is 6. The molecule has 6 heteroatoms. The number of hydrogen-bond donors (Lipinski definition) is 4. The second-order valence-electron chi connectivity index (χ2n) is 5.73. The van der Waals surface area contributed by atoms with Gasteiger partial charge in [0, 0.05) is 6.08 Å². The molecule has 0 aliphatic rings. The molecule has 0 aliphatic heterocycles. The van der Waals surface area contributed by atoms with Crippen molar-refractivity contribution in [3.63, 3.8) is 0 Å².